The summed E-state index contributed by atoms with van der Waals surface area (Å²) in [4.78, 5) is 46.9. The van der Waals surface area contributed by atoms with Crippen molar-refractivity contribution in [1.82, 2.24) is 5.32 Å². The van der Waals surface area contributed by atoms with E-state index in [0.717, 1.165) is 20.0 Å². The normalized spacial score (nSPS) is 27.1. The number of imide groups is 1. The van der Waals surface area contributed by atoms with Gasteiger partial charge in [-0.1, -0.05) is 12.8 Å². The first-order valence-electron chi connectivity index (χ1n) is 5.50. The molecule has 2 fully saturated rings. The van der Waals surface area contributed by atoms with Crippen molar-refractivity contribution in [2.45, 2.75) is 25.7 Å². The third kappa shape index (κ3) is 1.55. The van der Waals surface area contributed by atoms with Crippen molar-refractivity contribution in [3.05, 3.63) is 0 Å². The third-order valence-corrected chi connectivity index (χ3v) is 3.56. The fourth-order valence-corrected chi connectivity index (χ4v) is 2.59. The molecule has 92 valence electrons. The van der Waals surface area contributed by atoms with Crippen molar-refractivity contribution in [2.75, 3.05) is 7.11 Å². The topological polar surface area (TPSA) is 89.5 Å². The molecular formula is C11H13NO5. The number of Topliss-reactive ketones (excluding diaryl/α,β-unsaturated/α-hetero) is 1. The summed E-state index contributed by atoms with van der Waals surface area (Å²) < 4.78 is 4.44. The highest BCUT2D eigenvalue weighted by Gasteiger charge is 2.58. The second-order valence-corrected chi connectivity index (χ2v) is 4.43. The minimum absolute atomic E-state index is 0.401. The van der Waals surface area contributed by atoms with E-state index in [4.69, 9.17) is 0 Å². The van der Waals surface area contributed by atoms with Gasteiger partial charge in [0.2, 0.25) is 11.8 Å². The molecule has 0 aromatic rings. The number of hydrogen-bond donors (Lipinski definition) is 1. The first-order chi connectivity index (χ1) is 8.03. The van der Waals surface area contributed by atoms with Crippen molar-refractivity contribution in [3.63, 3.8) is 0 Å². The van der Waals surface area contributed by atoms with Gasteiger partial charge in [0.1, 0.15) is 5.41 Å². The smallest absolute Gasteiger partial charge is 0.325 e. The van der Waals surface area contributed by atoms with Crippen LogP contribution in [-0.4, -0.2) is 30.7 Å². The Morgan fingerprint density at radius 3 is 2.41 bits per heavy atom. The number of rotatable bonds is 1. The summed E-state index contributed by atoms with van der Waals surface area (Å²) in [5, 5.41) is 2.11. The number of nitrogens with one attached hydrogen (secondary N) is 1. The molecule has 0 radical (unpaired) electrons. The van der Waals surface area contributed by atoms with Crippen LogP contribution in [0.1, 0.15) is 25.7 Å². The van der Waals surface area contributed by atoms with Gasteiger partial charge in [0.05, 0.1) is 7.11 Å². The van der Waals surface area contributed by atoms with E-state index in [2.05, 4.69) is 10.1 Å². The molecule has 1 unspecified atom stereocenters. The van der Waals surface area contributed by atoms with Crippen molar-refractivity contribution in [2.24, 2.45) is 11.3 Å². The van der Waals surface area contributed by atoms with Crippen LogP contribution in [0.4, 0.5) is 0 Å². The zero-order valence-corrected chi connectivity index (χ0v) is 9.45. The third-order valence-electron chi connectivity index (χ3n) is 3.56. The van der Waals surface area contributed by atoms with Crippen molar-refractivity contribution < 1.29 is 23.9 Å². The van der Waals surface area contributed by atoms with E-state index >= 15 is 0 Å². The van der Waals surface area contributed by atoms with Crippen molar-refractivity contribution >= 4 is 23.6 Å². The Labute approximate surface area is 97.7 Å². The molecule has 2 amide bonds. The SMILES string of the molecule is COC(=O)C1C(=O)NC(=O)C2(CCCC2)C1=O. The Morgan fingerprint density at radius 1 is 1.29 bits per heavy atom. The van der Waals surface area contributed by atoms with Gasteiger partial charge in [-0.2, -0.15) is 0 Å². The molecule has 1 saturated heterocycles. The highest BCUT2D eigenvalue weighted by molar-refractivity contribution is 6.30. The summed E-state index contributed by atoms with van der Waals surface area (Å²) in [5.41, 5.74) is -1.19. The van der Waals surface area contributed by atoms with E-state index in [1.54, 1.807) is 0 Å². The number of esters is 1. The van der Waals surface area contributed by atoms with E-state index in [1.807, 2.05) is 0 Å². The van der Waals surface area contributed by atoms with Crippen LogP contribution < -0.4 is 5.32 Å². The number of ketones is 1. The first-order valence-corrected chi connectivity index (χ1v) is 5.50. The summed E-state index contributed by atoms with van der Waals surface area (Å²) >= 11 is 0. The maximum absolute atomic E-state index is 12.2. The Balaban J connectivity index is 2.37. The average Bonchev–Trinajstić information content (AvgIpc) is 2.77. The lowest BCUT2D eigenvalue weighted by Crippen LogP contribution is -2.60. The molecule has 1 spiro atoms. The van der Waals surface area contributed by atoms with Crippen LogP contribution in [0.3, 0.4) is 0 Å². The van der Waals surface area contributed by atoms with Crippen LogP contribution in [-0.2, 0) is 23.9 Å². The zero-order chi connectivity index (χ0) is 12.6. The molecular weight excluding hydrogens is 226 g/mol. The number of ether oxygens (including phenoxy) is 1. The fourth-order valence-electron chi connectivity index (χ4n) is 2.59. The van der Waals surface area contributed by atoms with E-state index in [-0.39, 0.29) is 0 Å². The zero-order valence-electron chi connectivity index (χ0n) is 9.45. The molecule has 6 nitrogen and oxygen atoms in total. The number of amides is 2. The molecule has 1 aliphatic carbocycles. The number of carbonyl (C=O) groups excluding carboxylic acids is 4. The van der Waals surface area contributed by atoms with Gasteiger partial charge in [-0.15, -0.1) is 0 Å². The van der Waals surface area contributed by atoms with Crippen LogP contribution in [0.2, 0.25) is 0 Å². The Hall–Kier alpha value is -1.72. The quantitative estimate of drug-likeness (QED) is 0.380. The Kier molecular flexibility index (Phi) is 2.73. The predicted molar refractivity (Wildman–Crippen MR) is 54.6 cm³/mol. The Morgan fingerprint density at radius 2 is 1.88 bits per heavy atom. The van der Waals surface area contributed by atoms with Crippen molar-refractivity contribution in [1.29, 1.82) is 0 Å². The summed E-state index contributed by atoms with van der Waals surface area (Å²) in [5.74, 6) is -4.42. The van der Waals surface area contributed by atoms with Gasteiger partial charge in [0, 0.05) is 0 Å². The molecule has 2 rings (SSSR count). The molecule has 6 heteroatoms. The second kappa shape index (κ2) is 3.94. The molecule has 1 saturated carbocycles. The van der Waals surface area contributed by atoms with Crippen LogP contribution >= 0.6 is 0 Å². The monoisotopic (exact) mass is 239 g/mol. The lowest BCUT2D eigenvalue weighted by Gasteiger charge is -2.33. The molecule has 1 atom stereocenters. The van der Waals surface area contributed by atoms with Gasteiger partial charge in [-0.25, -0.2) is 0 Å². The first kappa shape index (κ1) is 11.8. The largest absolute Gasteiger partial charge is 0.468 e. The van der Waals surface area contributed by atoms with Gasteiger partial charge in [0.25, 0.3) is 0 Å². The highest BCUT2D eigenvalue weighted by atomic mass is 16.5. The Bertz CT molecular complexity index is 408. The molecule has 0 aromatic carbocycles. The number of piperidine rings is 1. The van der Waals surface area contributed by atoms with Crippen LogP contribution in [0, 0.1) is 11.3 Å². The molecule has 1 heterocycles. The van der Waals surface area contributed by atoms with E-state index < -0.39 is 34.9 Å². The van der Waals surface area contributed by atoms with Gasteiger partial charge in [-0.3, -0.25) is 24.5 Å². The maximum atomic E-state index is 12.2. The van der Waals surface area contributed by atoms with Gasteiger partial charge in [0.15, 0.2) is 11.7 Å². The average molecular weight is 239 g/mol. The van der Waals surface area contributed by atoms with E-state index in [1.165, 1.54) is 0 Å². The number of hydrogen-bond acceptors (Lipinski definition) is 5. The van der Waals surface area contributed by atoms with Crippen LogP contribution in [0.5, 0.6) is 0 Å². The number of carbonyl (C=O) groups is 4. The van der Waals surface area contributed by atoms with Crippen LogP contribution in [0.15, 0.2) is 0 Å². The van der Waals surface area contributed by atoms with Gasteiger partial charge >= 0.3 is 5.97 Å². The molecule has 0 bridgehead atoms. The summed E-state index contributed by atoms with van der Waals surface area (Å²) in [6.45, 7) is 0. The van der Waals surface area contributed by atoms with E-state index in [9.17, 15) is 19.2 Å². The van der Waals surface area contributed by atoms with E-state index in [0.29, 0.717) is 12.8 Å². The molecule has 17 heavy (non-hydrogen) atoms. The van der Waals surface area contributed by atoms with Crippen LogP contribution in [0.25, 0.3) is 0 Å². The fraction of sp³-hybridized carbons (Fsp3) is 0.636. The van der Waals surface area contributed by atoms with Gasteiger partial charge < -0.3 is 4.74 Å². The molecule has 1 aliphatic heterocycles. The minimum Gasteiger partial charge on any atom is -0.468 e. The van der Waals surface area contributed by atoms with Gasteiger partial charge in [-0.05, 0) is 12.8 Å². The van der Waals surface area contributed by atoms with Crippen molar-refractivity contribution in [3.8, 4) is 0 Å². The second-order valence-electron chi connectivity index (χ2n) is 4.43. The summed E-state index contributed by atoms with van der Waals surface area (Å²) in [6.07, 6.45) is 2.30. The standard InChI is InChI=1S/C11H13NO5/c1-17-9(15)6-7(13)11(4-2-3-5-11)10(16)12-8(6)14/h6H,2-5H2,1H3,(H,12,14,16). The molecule has 2 aliphatic rings. The molecule has 1 N–H and O–H groups in total. The lowest BCUT2D eigenvalue weighted by atomic mass is 9.72. The summed E-state index contributed by atoms with van der Waals surface area (Å²) in [6, 6.07) is 0. The lowest BCUT2D eigenvalue weighted by molar-refractivity contribution is -0.163. The predicted octanol–water partition coefficient (Wildman–Crippen LogP) is -0.439. The molecule has 0 aromatic heterocycles. The highest BCUT2D eigenvalue weighted by Crippen LogP contribution is 2.43. The maximum Gasteiger partial charge on any atom is 0.325 e. The minimum atomic E-state index is -1.49. The summed E-state index contributed by atoms with van der Waals surface area (Å²) in [7, 11) is 1.11. The number of methoxy groups -OCH3 is 1.